The van der Waals surface area contributed by atoms with E-state index < -0.39 is 97.9 Å². The fourth-order valence-electron chi connectivity index (χ4n) is 6.07. The predicted octanol–water partition coefficient (Wildman–Crippen LogP) is 0.215. The summed E-state index contributed by atoms with van der Waals surface area (Å²) < 4.78 is 27.4. The molecule has 4 rings (SSSR count). The highest BCUT2D eigenvalue weighted by molar-refractivity contribution is 6.14. The second-order valence-electron chi connectivity index (χ2n) is 13.3. The minimum Gasteiger partial charge on any atom is -0.466 e. The number of methoxy groups -OCH3 is 2. The molecular formula is C39H47N5O16. The number of carbonyl (C=O) groups is 7. The van der Waals surface area contributed by atoms with Crippen molar-refractivity contribution in [1.82, 2.24) is 23.5 Å². The van der Waals surface area contributed by atoms with Gasteiger partial charge < -0.3 is 28.8 Å². The van der Waals surface area contributed by atoms with E-state index in [0.29, 0.717) is 50.8 Å². The molecule has 324 valence electrons. The highest BCUT2D eigenvalue weighted by Crippen LogP contribution is 2.20. The lowest BCUT2D eigenvalue weighted by Crippen LogP contribution is -2.56. The largest absolute Gasteiger partial charge is 0.466 e. The van der Waals surface area contributed by atoms with Crippen LogP contribution in [0.1, 0.15) is 65.7 Å². The summed E-state index contributed by atoms with van der Waals surface area (Å²) in [6.45, 7) is -2.64. The number of rotatable bonds is 23. The van der Waals surface area contributed by atoms with Crippen LogP contribution in [0.2, 0.25) is 0 Å². The average Bonchev–Trinajstić information content (AvgIpc) is 3.23. The van der Waals surface area contributed by atoms with Crippen molar-refractivity contribution in [2.45, 2.75) is 64.6 Å². The molecule has 0 unspecified atom stereocenters. The average molecular weight is 842 g/mol. The molecule has 1 fully saturated rings. The number of amides is 4. The van der Waals surface area contributed by atoms with Gasteiger partial charge in [0.15, 0.2) is 0 Å². The monoisotopic (exact) mass is 841 g/mol. The molecular weight excluding hydrogens is 794 g/mol. The lowest BCUT2D eigenvalue weighted by atomic mass is 10.0. The van der Waals surface area contributed by atoms with Gasteiger partial charge in [0.2, 0.25) is 11.8 Å². The summed E-state index contributed by atoms with van der Waals surface area (Å²) in [6, 6.07) is 8.99. The molecule has 1 aromatic heterocycles. The summed E-state index contributed by atoms with van der Waals surface area (Å²) in [4.78, 5) is 127. The molecule has 21 heteroatoms. The number of aromatic nitrogens is 3. The van der Waals surface area contributed by atoms with Crippen molar-refractivity contribution in [3.05, 3.63) is 79.0 Å². The van der Waals surface area contributed by atoms with Crippen molar-refractivity contribution in [1.29, 1.82) is 0 Å². The smallest absolute Gasteiger partial charge is 0.338 e. The maximum absolute atomic E-state index is 13.0. The van der Waals surface area contributed by atoms with E-state index in [1.165, 1.54) is 14.2 Å². The zero-order chi connectivity index (χ0) is 43.8. The van der Waals surface area contributed by atoms with E-state index in [0.717, 1.165) is 20.2 Å². The number of esters is 4. The molecule has 0 aliphatic carbocycles. The topological polar surface area (TPSA) is 258 Å². The van der Waals surface area contributed by atoms with Gasteiger partial charge in [-0.15, -0.1) is 0 Å². The number of barbiturate groups is 1. The number of ether oxygens (including phenoxy) is 5. The fraction of sp³-hybridized carbons (Fsp3) is 0.487. The van der Waals surface area contributed by atoms with Crippen LogP contribution < -0.4 is 17.1 Å². The number of aliphatic hydroxyl groups is 1. The Hall–Kier alpha value is -6.48. The van der Waals surface area contributed by atoms with E-state index in [-0.39, 0.29) is 45.9 Å². The van der Waals surface area contributed by atoms with Gasteiger partial charge in [0, 0.05) is 20.2 Å². The molecule has 4 amide bonds. The molecule has 1 aliphatic heterocycles. The first-order valence-electron chi connectivity index (χ1n) is 19.1. The van der Waals surface area contributed by atoms with E-state index in [1.54, 1.807) is 36.4 Å². The van der Waals surface area contributed by atoms with Gasteiger partial charge in [0.1, 0.15) is 13.0 Å². The third kappa shape index (κ3) is 12.3. The Morgan fingerprint density at radius 3 is 1.53 bits per heavy atom. The zero-order valence-electron chi connectivity index (χ0n) is 33.3. The minimum atomic E-state index is -1.03. The molecule has 1 N–H and O–H groups in total. The Kier molecular flexibility index (Phi) is 17.4. The van der Waals surface area contributed by atoms with Crippen molar-refractivity contribution in [3.63, 3.8) is 0 Å². The molecule has 60 heavy (non-hydrogen) atoms. The number of nitrogens with zero attached hydrogens (tertiary/aromatic N) is 5. The molecule has 0 bridgehead atoms. The van der Waals surface area contributed by atoms with Gasteiger partial charge in [0.05, 0.1) is 77.1 Å². The third-order valence-corrected chi connectivity index (χ3v) is 9.28. The molecule has 0 saturated carbocycles. The predicted molar refractivity (Wildman–Crippen MR) is 207 cm³/mol. The van der Waals surface area contributed by atoms with Crippen LogP contribution in [0.5, 0.6) is 0 Å². The molecule has 21 nitrogen and oxygen atoms in total. The maximum atomic E-state index is 13.0. The summed E-state index contributed by atoms with van der Waals surface area (Å²) in [7, 11) is 2.65. The third-order valence-electron chi connectivity index (χ3n) is 9.28. The van der Waals surface area contributed by atoms with Gasteiger partial charge >= 0.3 is 47.0 Å². The Labute approximate surface area is 341 Å². The second kappa shape index (κ2) is 22.6. The van der Waals surface area contributed by atoms with Crippen LogP contribution in [-0.4, -0.2) is 131 Å². The maximum Gasteiger partial charge on any atom is 0.338 e. The number of urea groups is 1. The van der Waals surface area contributed by atoms with E-state index in [4.69, 9.17) is 23.7 Å². The number of unbranched alkanes of at least 4 members (excludes halogenated alkanes) is 3. The minimum absolute atomic E-state index is 0.0198. The molecule has 0 atom stereocenters. The van der Waals surface area contributed by atoms with Crippen LogP contribution in [0.4, 0.5) is 4.79 Å². The number of imide groups is 2. The van der Waals surface area contributed by atoms with Crippen LogP contribution in [0.25, 0.3) is 10.8 Å². The molecule has 0 radical (unpaired) electrons. The molecule has 2 aromatic carbocycles. The first-order chi connectivity index (χ1) is 28.8. The quantitative estimate of drug-likeness (QED) is 0.0579. The first-order valence-corrected chi connectivity index (χ1v) is 19.1. The van der Waals surface area contributed by atoms with Crippen LogP contribution in [0.15, 0.2) is 50.8 Å². The summed E-state index contributed by atoms with van der Waals surface area (Å²) in [6.07, 6.45) is 0.935. The van der Waals surface area contributed by atoms with Gasteiger partial charge in [-0.2, -0.15) is 0 Å². The lowest BCUT2D eigenvalue weighted by molar-refractivity contribution is -0.145. The lowest BCUT2D eigenvalue weighted by Gasteiger charge is -2.32. The van der Waals surface area contributed by atoms with Crippen LogP contribution >= 0.6 is 0 Å². The van der Waals surface area contributed by atoms with Crippen molar-refractivity contribution in [3.8, 4) is 0 Å². The van der Waals surface area contributed by atoms with Crippen molar-refractivity contribution < 1.29 is 62.4 Å². The number of hydrogen-bond donors (Lipinski definition) is 1. The number of aliphatic hydroxyl groups excluding tert-OH is 1. The van der Waals surface area contributed by atoms with Gasteiger partial charge in [-0.1, -0.05) is 12.1 Å². The fourth-order valence-corrected chi connectivity index (χ4v) is 6.07. The van der Waals surface area contributed by atoms with Gasteiger partial charge in [-0.05, 0) is 60.7 Å². The Bertz CT molecular complexity index is 2260. The zero-order valence-corrected chi connectivity index (χ0v) is 33.3. The Balaban J connectivity index is 1.13. The van der Waals surface area contributed by atoms with Crippen LogP contribution in [0, 0.1) is 0 Å². The summed E-state index contributed by atoms with van der Waals surface area (Å²) in [5.41, 5.74) is -2.16. The van der Waals surface area contributed by atoms with E-state index in [1.807, 2.05) is 0 Å². The SMILES string of the molecule is COCCn1c(=O)n(CCO)c(=O)n(CCOC(=O)CCN2C(=O)CC(=O)N(CCC(=O)OCCCCCCOC(=O)c3ccc4cc(C(=O)OC)ccc4c3)C2=O)c1=O. The van der Waals surface area contributed by atoms with Crippen molar-refractivity contribution >= 4 is 52.5 Å². The summed E-state index contributed by atoms with van der Waals surface area (Å²) in [5, 5.41) is 10.8. The molecule has 1 saturated heterocycles. The molecule has 2 heterocycles. The summed E-state index contributed by atoms with van der Waals surface area (Å²) >= 11 is 0. The normalized spacial score (nSPS) is 12.8. The molecule has 1 aliphatic rings. The van der Waals surface area contributed by atoms with Crippen LogP contribution in [-0.2, 0) is 62.5 Å². The Morgan fingerprint density at radius 2 is 1.03 bits per heavy atom. The van der Waals surface area contributed by atoms with Gasteiger partial charge in [-0.3, -0.25) is 29.0 Å². The van der Waals surface area contributed by atoms with Gasteiger partial charge in [-0.25, -0.2) is 42.5 Å². The number of benzene rings is 2. The standard InChI is InChI=1S/C39H47N5O16/c1-56-21-16-43-37(53)42(15-18-45)38(54)44(39(43)55)17-22-59-33(49)12-14-41-31(47)25-30(46)40(36(41)52)13-11-32(48)58-19-5-3-4-6-20-60-35(51)29-10-8-26-23-28(34(50)57-2)9-7-27(26)24-29/h7-10,23-24,45H,3-6,11-22,25H2,1-2H3. The Morgan fingerprint density at radius 1 is 0.567 bits per heavy atom. The number of fused-ring (bicyclic) bond motifs is 1. The molecule has 3 aromatic rings. The highest BCUT2D eigenvalue weighted by Gasteiger charge is 2.38. The van der Waals surface area contributed by atoms with Crippen molar-refractivity contribution in [2.75, 3.05) is 60.3 Å². The van der Waals surface area contributed by atoms with Gasteiger partial charge in [0.25, 0.3) is 0 Å². The number of hydrogen-bond acceptors (Lipinski definition) is 16. The summed E-state index contributed by atoms with van der Waals surface area (Å²) in [5.74, 6) is -4.20. The molecule has 0 spiro atoms. The van der Waals surface area contributed by atoms with E-state index in [2.05, 4.69) is 0 Å². The second-order valence-corrected chi connectivity index (χ2v) is 13.3. The number of carbonyl (C=O) groups excluding carboxylic acids is 7. The van der Waals surface area contributed by atoms with Crippen molar-refractivity contribution in [2.24, 2.45) is 0 Å². The van der Waals surface area contributed by atoms with Crippen LogP contribution in [0.3, 0.4) is 0 Å². The van der Waals surface area contributed by atoms with E-state index >= 15 is 0 Å². The highest BCUT2D eigenvalue weighted by atomic mass is 16.5. The van der Waals surface area contributed by atoms with E-state index in [9.17, 15) is 53.1 Å². The first kappa shape index (κ1) is 46.2.